The first-order chi connectivity index (χ1) is 5.70. The van der Waals surface area contributed by atoms with Crippen molar-refractivity contribution in [2.24, 2.45) is 0 Å². The first-order valence-corrected chi connectivity index (χ1v) is 3.83. The van der Waals surface area contributed by atoms with Crippen LogP contribution in [-0.2, 0) is 9.53 Å². The van der Waals surface area contributed by atoms with E-state index >= 15 is 0 Å². The van der Waals surface area contributed by atoms with Crippen molar-refractivity contribution < 1.29 is 19.4 Å². The van der Waals surface area contributed by atoms with Crippen LogP contribution in [0.25, 0.3) is 0 Å². The topological polar surface area (TPSA) is 66.8 Å². The lowest BCUT2D eigenvalue weighted by molar-refractivity contribution is -0.137. The molecule has 1 saturated heterocycles. The number of ether oxygens (including phenoxy) is 1. The van der Waals surface area contributed by atoms with Crippen LogP contribution in [0.5, 0.6) is 0 Å². The van der Waals surface area contributed by atoms with Crippen molar-refractivity contribution in [3.05, 3.63) is 0 Å². The Balaban J connectivity index is 2.14. The van der Waals surface area contributed by atoms with Crippen LogP contribution in [0.4, 0.5) is 4.79 Å². The van der Waals surface area contributed by atoms with E-state index in [1.54, 1.807) is 0 Å². The normalized spacial score (nSPS) is 16.3. The Labute approximate surface area is 69.9 Å². The van der Waals surface area contributed by atoms with Gasteiger partial charge in [-0.15, -0.1) is 0 Å². The Morgan fingerprint density at radius 1 is 1.67 bits per heavy atom. The minimum absolute atomic E-state index is 0.101. The van der Waals surface area contributed by atoms with Crippen LogP contribution in [0.15, 0.2) is 0 Å². The van der Waals surface area contributed by atoms with E-state index < -0.39 is 5.97 Å². The molecule has 1 heterocycles. The molecule has 0 atom stereocenters. The number of hydrogen-bond acceptors (Lipinski definition) is 3. The van der Waals surface area contributed by atoms with Gasteiger partial charge in [-0.2, -0.15) is 0 Å². The van der Waals surface area contributed by atoms with E-state index in [9.17, 15) is 9.59 Å². The molecule has 0 aromatic carbocycles. The number of carboxylic acid groups (broad SMARTS) is 1. The molecule has 0 radical (unpaired) electrons. The summed E-state index contributed by atoms with van der Waals surface area (Å²) in [5.41, 5.74) is 0. The lowest BCUT2D eigenvalue weighted by atomic mass is 10.3. The number of hydrogen-bond donors (Lipinski definition) is 1. The van der Waals surface area contributed by atoms with Gasteiger partial charge in [-0.25, -0.2) is 4.79 Å². The van der Waals surface area contributed by atoms with E-state index in [1.165, 1.54) is 4.90 Å². The van der Waals surface area contributed by atoms with Gasteiger partial charge >= 0.3 is 12.1 Å². The highest BCUT2D eigenvalue weighted by atomic mass is 16.6. The van der Waals surface area contributed by atoms with Crippen molar-refractivity contribution >= 4 is 12.1 Å². The Bertz CT molecular complexity index is 192. The second-order valence-corrected chi connectivity index (χ2v) is 2.60. The van der Waals surface area contributed by atoms with Gasteiger partial charge in [-0.1, -0.05) is 0 Å². The molecule has 1 aliphatic rings. The summed E-state index contributed by atoms with van der Waals surface area (Å²) in [6, 6.07) is 0. The van der Waals surface area contributed by atoms with Crippen molar-refractivity contribution in [1.82, 2.24) is 4.90 Å². The zero-order valence-electron chi connectivity index (χ0n) is 6.65. The minimum Gasteiger partial charge on any atom is -0.481 e. The summed E-state index contributed by atoms with van der Waals surface area (Å²) in [6.07, 6.45) is 0.259. The fraction of sp³-hybridized carbons (Fsp3) is 0.714. The molecule has 1 aliphatic heterocycles. The average molecular weight is 173 g/mol. The van der Waals surface area contributed by atoms with Crippen LogP contribution in [0, 0.1) is 0 Å². The molecule has 0 spiro atoms. The molecule has 68 valence electrons. The van der Waals surface area contributed by atoms with Crippen LogP contribution in [0.3, 0.4) is 0 Å². The SMILES string of the molecule is O=C(O)CCCN1CCOC1=O. The van der Waals surface area contributed by atoms with E-state index in [4.69, 9.17) is 5.11 Å². The van der Waals surface area contributed by atoms with Crippen molar-refractivity contribution in [1.29, 1.82) is 0 Å². The Kier molecular flexibility index (Phi) is 2.90. The molecule has 1 amide bonds. The van der Waals surface area contributed by atoms with Crippen molar-refractivity contribution in [2.45, 2.75) is 12.8 Å². The molecular formula is C7H11NO4. The predicted octanol–water partition coefficient (Wildman–Crippen LogP) is 0.303. The van der Waals surface area contributed by atoms with Gasteiger partial charge in [0, 0.05) is 13.0 Å². The summed E-state index contributed by atoms with van der Waals surface area (Å²) in [6.45, 7) is 1.48. The molecule has 0 aromatic heterocycles. The largest absolute Gasteiger partial charge is 0.481 e. The molecule has 0 aromatic rings. The lowest BCUT2D eigenvalue weighted by Crippen LogP contribution is -2.25. The predicted molar refractivity (Wildman–Crippen MR) is 39.8 cm³/mol. The Hall–Kier alpha value is -1.26. The quantitative estimate of drug-likeness (QED) is 0.664. The van der Waals surface area contributed by atoms with Gasteiger partial charge in [-0.05, 0) is 6.42 Å². The highest BCUT2D eigenvalue weighted by Crippen LogP contribution is 2.04. The third-order valence-corrected chi connectivity index (χ3v) is 1.66. The maximum absolute atomic E-state index is 10.8. The van der Waals surface area contributed by atoms with E-state index in [0.29, 0.717) is 26.1 Å². The fourth-order valence-electron chi connectivity index (χ4n) is 1.05. The van der Waals surface area contributed by atoms with E-state index in [-0.39, 0.29) is 12.5 Å². The molecule has 0 bridgehead atoms. The summed E-state index contributed by atoms with van der Waals surface area (Å²) >= 11 is 0. The van der Waals surface area contributed by atoms with Crippen molar-refractivity contribution in [3.8, 4) is 0 Å². The number of rotatable bonds is 4. The van der Waals surface area contributed by atoms with Crippen molar-refractivity contribution in [2.75, 3.05) is 19.7 Å². The lowest BCUT2D eigenvalue weighted by Gasteiger charge is -2.10. The zero-order chi connectivity index (χ0) is 8.97. The summed E-state index contributed by atoms with van der Waals surface area (Å²) in [5, 5.41) is 8.32. The van der Waals surface area contributed by atoms with Crippen LogP contribution >= 0.6 is 0 Å². The maximum atomic E-state index is 10.8. The molecule has 1 N–H and O–H groups in total. The van der Waals surface area contributed by atoms with Gasteiger partial charge in [0.05, 0.1) is 6.54 Å². The van der Waals surface area contributed by atoms with Gasteiger partial charge in [-0.3, -0.25) is 4.79 Å². The van der Waals surface area contributed by atoms with E-state index in [1.807, 2.05) is 0 Å². The summed E-state index contributed by atoms with van der Waals surface area (Å²) in [4.78, 5) is 22.4. The Morgan fingerprint density at radius 2 is 2.42 bits per heavy atom. The number of aliphatic carboxylic acids is 1. The molecule has 12 heavy (non-hydrogen) atoms. The molecule has 1 fully saturated rings. The molecule has 0 aliphatic carbocycles. The fourth-order valence-corrected chi connectivity index (χ4v) is 1.05. The van der Waals surface area contributed by atoms with Gasteiger partial charge in [0.25, 0.3) is 0 Å². The number of cyclic esters (lactones) is 1. The molecular weight excluding hydrogens is 162 g/mol. The second-order valence-electron chi connectivity index (χ2n) is 2.60. The molecule has 1 rings (SSSR count). The highest BCUT2D eigenvalue weighted by Gasteiger charge is 2.20. The number of carbonyl (C=O) groups excluding carboxylic acids is 1. The Morgan fingerprint density at radius 3 is 2.92 bits per heavy atom. The smallest absolute Gasteiger partial charge is 0.409 e. The minimum atomic E-state index is -0.831. The molecule has 0 unspecified atom stereocenters. The van der Waals surface area contributed by atoms with Crippen LogP contribution in [0.1, 0.15) is 12.8 Å². The third kappa shape index (κ3) is 2.41. The number of nitrogens with zero attached hydrogens (tertiary/aromatic N) is 1. The summed E-state index contributed by atoms with van der Waals surface area (Å²) in [7, 11) is 0. The maximum Gasteiger partial charge on any atom is 0.409 e. The van der Waals surface area contributed by atoms with E-state index in [0.717, 1.165) is 0 Å². The second kappa shape index (κ2) is 3.94. The molecule has 5 heteroatoms. The first kappa shape index (κ1) is 8.83. The van der Waals surface area contributed by atoms with Crippen LogP contribution in [0.2, 0.25) is 0 Å². The number of amides is 1. The van der Waals surface area contributed by atoms with Crippen LogP contribution < -0.4 is 0 Å². The van der Waals surface area contributed by atoms with Crippen LogP contribution in [-0.4, -0.2) is 41.8 Å². The van der Waals surface area contributed by atoms with Gasteiger partial charge in [0.15, 0.2) is 0 Å². The zero-order valence-corrected chi connectivity index (χ0v) is 6.65. The van der Waals surface area contributed by atoms with E-state index in [2.05, 4.69) is 4.74 Å². The van der Waals surface area contributed by atoms with Gasteiger partial charge < -0.3 is 14.7 Å². The monoisotopic (exact) mass is 173 g/mol. The first-order valence-electron chi connectivity index (χ1n) is 3.83. The average Bonchev–Trinajstić information content (AvgIpc) is 2.36. The molecule has 5 nitrogen and oxygen atoms in total. The van der Waals surface area contributed by atoms with Crippen molar-refractivity contribution in [3.63, 3.8) is 0 Å². The third-order valence-electron chi connectivity index (χ3n) is 1.66. The number of carboxylic acids is 1. The highest BCUT2D eigenvalue weighted by molar-refractivity contribution is 5.69. The van der Waals surface area contributed by atoms with Gasteiger partial charge in [0.1, 0.15) is 6.61 Å². The van der Waals surface area contributed by atoms with Gasteiger partial charge in [0.2, 0.25) is 0 Å². The molecule has 0 saturated carbocycles. The summed E-state index contributed by atoms with van der Waals surface area (Å²) in [5.74, 6) is -0.831. The summed E-state index contributed by atoms with van der Waals surface area (Å²) < 4.78 is 4.66. The number of carbonyl (C=O) groups is 2. The standard InChI is InChI=1S/C7H11NO4/c9-6(10)2-1-3-8-4-5-12-7(8)11/h1-5H2,(H,9,10).